The van der Waals surface area contributed by atoms with Gasteiger partial charge in [0, 0.05) is 27.6 Å². The number of carbonyl (C=O) groups excluding carboxylic acids is 2. The molecule has 37 heavy (non-hydrogen) atoms. The summed E-state index contributed by atoms with van der Waals surface area (Å²) >= 11 is 7.83. The van der Waals surface area contributed by atoms with Crippen LogP contribution in [-0.2, 0) is 14.3 Å². The monoisotopic (exact) mass is 542 g/mol. The number of nitrogens with two attached hydrogens (primary N) is 1. The van der Waals surface area contributed by atoms with Crippen molar-refractivity contribution in [1.29, 1.82) is 0 Å². The van der Waals surface area contributed by atoms with Gasteiger partial charge < -0.3 is 15.8 Å². The number of nitrogens with one attached hydrogen (secondary N) is 1. The highest BCUT2D eigenvalue weighted by atomic mass is 35.5. The van der Waals surface area contributed by atoms with Crippen LogP contribution in [0.15, 0.2) is 29.3 Å². The second kappa shape index (κ2) is 11.5. The summed E-state index contributed by atoms with van der Waals surface area (Å²) in [5, 5.41) is 13.4. The number of aromatic nitrogens is 3. The standard InChI is InChI=1S/C26H31ClN6O3S/c1-14-15(2)37-25-22(14)23(17-8-10-18(27)11-9-17)30-20(24-32-31-16(3)33(24)25)13-21(34)29-12-6-5-7-19(28)26(35)36-4/h8-11,19-20H,5-7,12-13,28H2,1-4H3,(H,29,34)/t19-,20-/m0/s1. The third-order valence-electron chi connectivity index (χ3n) is 6.50. The maximum Gasteiger partial charge on any atom is 0.322 e. The molecule has 0 saturated carbocycles. The second-order valence-electron chi connectivity index (χ2n) is 9.08. The lowest BCUT2D eigenvalue weighted by Gasteiger charge is -2.13. The van der Waals surface area contributed by atoms with E-state index in [-0.39, 0.29) is 12.3 Å². The summed E-state index contributed by atoms with van der Waals surface area (Å²) in [4.78, 5) is 30.7. The average Bonchev–Trinajstić information content (AvgIpc) is 3.35. The number of halogens is 1. The van der Waals surface area contributed by atoms with E-state index >= 15 is 0 Å². The molecule has 11 heteroatoms. The fourth-order valence-corrected chi connectivity index (χ4v) is 5.71. The van der Waals surface area contributed by atoms with Crippen LogP contribution < -0.4 is 11.1 Å². The number of hydrogen-bond acceptors (Lipinski definition) is 8. The number of methoxy groups -OCH3 is 1. The van der Waals surface area contributed by atoms with E-state index in [1.807, 2.05) is 35.8 Å². The first-order valence-electron chi connectivity index (χ1n) is 12.2. The normalized spacial score (nSPS) is 15.3. The Labute approximate surface area is 225 Å². The summed E-state index contributed by atoms with van der Waals surface area (Å²) in [5.74, 6) is 0.831. The van der Waals surface area contributed by atoms with Crippen molar-refractivity contribution in [2.24, 2.45) is 10.7 Å². The molecule has 0 aliphatic carbocycles. The van der Waals surface area contributed by atoms with Gasteiger partial charge in [0.15, 0.2) is 5.82 Å². The first-order chi connectivity index (χ1) is 17.7. The number of benzene rings is 1. The fraction of sp³-hybridized carbons (Fsp3) is 0.423. The summed E-state index contributed by atoms with van der Waals surface area (Å²) < 4.78 is 6.67. The van der Waals surface area contributed by atoms with Crippen LogP contribution in [-0.4, -0.2) is 52.0 Å². The molecule has 3 N–H and O–H groups in total. The third-order valence-corrected chi connectivity index (χ3v) is 7.95. The number of ether oxygens (including phenoxy) is 1. The molecule has 1 aliphatic heterocycles. The van der Waals surface area contributed by atoms with Crippen molar-refractivity contribution in [2.45, 2.75) is 58.5 Å². The quantitative estimate of drug-likeness (QED) is 0.311. The van der Waals surface area contributed by atoms with Crippen molar-refractivity contribution in [3.8, 4) is 5.00 Å². The minimum atomic E-state index is -0.643. The molecule has 2 aromatic heterocycles. The molecule has 3 heterocycles. The van der Waals surface area contributed by atoms with Crippen LogP contribution in [0.25, 0.3) is 5.00 Å². The van der Waals surface area contributed by atoms with Crippen molar-refractivity contribution in [3.05, 3.63) is 62.5 Å². The van der Waals surface area contributed by atoms with E-state index < -0.39 is 18.1 Å². The summed E-state index contributed by atoms with van der Waals surface area (Å²) in [6.07, 6.45) is 2.03. The molecule has 0 saturated heterocycles. The highest BCUT2D eigenvalue weighted by Crippen LogP contribution is 2.39. The van der Waals surface area contributed by atoms with Crippen LogP contribution in [0.1, 0.15) is 64.9 Å². The molecule has 9 nitrogen and oxygen atoms in total. The van der Waals surface area contributed by atoms with Crippen LogP contribution in [0, 0.1) is 20.8 Å². The predicted octanol–water partition coefficient (Wildman–Crippen LogP) is 3.98. The van der Waals surface area contributed by atoms with Crippen molar-refractivity contribution in [2.75, 3.05) is 13.7 Å². The van der Waals surface area contributed by atoms with E-state index in [2.05, 4.69) is 34.1 Å². The van der Waals surface area contributed by atoms with Gasteiger partial charge in [-0.05, 0) is 57.7 Å². The molecule has 1 aliphatic rings. The molecule has 2 atom stereocenters. The molecule has 4 rings (SSSR count). The van der Waals surface area contributed by atoms with Gasteiger partial charge >= 0.3 is 5.97 Å². The Morgan fingerprint density at radius 2 is 1.92 bits per heavy atom. The Balaban J connectivity index is 1.57. The molecule has 1 amide bonds. The number of aryl methyl sites for hydroxylation is 2. The number of amides is 1. The Morgan fingerprint density at radius 3 is 2.62 bits per heavy atom. The van der Waals surface area contributed by atoms with Gasteiger partial charge in [0.25, 0.3) is 0 Å². The van der Waals surface area contributed by atoms with E-state index in [1.165, 1.54) is 12.0 Å². The summed E-state index contributed by atoms with van der Waals surface area (Å²) in [6, 6.07) is 6.43. The van der Waals surface area contributed by atoms with Crippen LogP contribution >= 0.6 is 22.9 Å². The van der Waals surface area contributed by atoms with Crippen molar-refractivity contribution in [3.63, 3.8) is 0 Å². The van der Waals surface area contributed by atoms with Gasteiger partial charge in [0.05, 0.1) is 19.2 Å². The number of rotatable bonds is 9. The Morgan fingerprint density at radius 1 is 1.19 bits per heavy atom. The van der Waals surface area contributed by atoms with E-state index in [9.17, 15) is 9.59 Å². The highest BCUT2D eigenvalue weighted by Gasteiger charge is 2.32. The lowest BCUT2D eigenvalue weighted by molar-refractivity contribution is -0.142. The zero-order valence-corrected chi connectivity index (χ0v) is 22.9. The van der Waals surface area contributed by atoms with Gasteiger partial charge in [-0.25, -0.2) is 0 Å². The van der Waals surface area contributed by atoms with Gasteiger partial charge in [0.2, 0.25) is 5.91 Å². The average molecular weight is 543 g/mol. The lowest BCUT2D eigenvalue weighted by Crippen LogP contribution is -2.32. The van der Waals surface area contributed by atoms with Crippen LogP contribution in [0.5, 0.6) is 0 Å². The minimum Gasteiger partial charge on any atom is -0.468 e. The molecule has 0 fully saturated rings. The molecular formula is C26H31ClN6O3S. The van der Waals surface area contributed by atoms with E-state index in [0.717, 1.165) is 33.2 Å². The Bertz CT molecular complexity index is 1330. The molecule has 0 bridgehead atoms. The van der Waals surface area contributed by atoms with Crippen LogP contribution in [0.4, 0.5) is 0 Å². The number of hydrogen-bond donors (Lipinski definition) is 2. The number of carbonyl (C=O) groups is 2. The maximum absolute atomic E-state index is 13.0. The molecule has 1 aromatic carbocycles. The zero-order valence-electron chi connectivity index (χ0n) is 21.4. The molecule has 196 valence electrons. The molecule has 0 unspecified atom stereocenters. The largest absolute Gasteiger partial charge is 0.468 e. The van der Waals surface area contributed by atoms with Crippen molar-refractivity contribution in [1.82, 2.24) is 20.1 Å². The SMILES string of the molecule is COC(=O)[C@@H](N)CCCCNC(=O)C[C@@H]1N=C(c2ccc(Cl)cc2)c2c(sc(C)c2C)-n2c(C)nnc21. The molecule has 0 radical (unpaired) electrons. The van der Waals surface area contributed by atoms with Crippen LogP contribution in [0.2, 0.25) is 5.02 Å². The zero-order chi connectivity index (χ0) is 26.7. The van der Waals surface area contributed by atoms with Gasteiger partial charge in [-0.2, -0.15) is 0 Å². The van der Waals surface area contributed by atoms with Crippen molar-refractivity contribution < 1.29 is 14.3 Å². The number of nitrogens with zero attached hydrogens (tertiary/aromatic N) is 4. The summed E-state index contributed by atoms with van der Waals surface area (Å²) in [7, 11) is 1.32. The topological polar surface area (TPSA) is 124 Å². The second-order valence-corrected chi connectivity index (χ2v) is 10.7. The first kappa shape index (κ1) is 27.0. The van der Waals surface area contributed by atoms with Gasteiger partial charge in [-0.1, -0.05) is 23.7 Å². The van der Waals surface area contributed by atoms with Crippen LogP contribution in [0.3, 0.4) is 0 Å². The molecule has 0 spiro atoms. The van der Waals surface area contributed by atoms with E-state index in [1.54, 1.807) is 11.3 Å². The number of esters is 1. The number of unbranched alkanes of at least 4 members (excludes halogenated alkanes) is 1. The molecular weight excluding hydrogens is 512 g/mol. The summed E-state index contributed by atoms with van der Waals surface area (Å²) in [6.45, 7) is 6.57. The summed E-state index contributed by atoms with van der Waals surface area (Å²) in [5.41, 5.74) is 9.68. The number of thiophene rings is 1. The van der Waals surface area contributed by atoms with Gasteiger partial charge in [0.1, 0.15) is 22.9 Å². The first-order valence-corrected chi connectivity index (χ1v) is 13.4. The fourth-order valence-electron chi connectivity index (χ4n) is 4.37. The van der Waals surface area contributed by atoms with E-state index in [0.29, 0.717) is 36.7 Å². The van der Waals surface area contributed by atoms with Gasteiger partial charge in [-0.15, -0.1) is 21.5 Å². The predicted molar refractivity (Wildman–Crippen MR) is 145 cm³/mol. The lowest BCUT2D eigenvalue weighted by atomic mass is 9.99. The van der Waals surface area contributed by atoms with Gasteiger partial charge in [-0.3, -0.25) is 19.1 Å². The highest BCUT2D eigenvalue weighted by molar-refractivity contribution is 7.15. The van der Waals surface area contributed by atoms with E-state index in [4.69, 9.17) is 22.3 Å². The molecule has 3 aromatic rings. The maximum atomic E-state index is 13.0. The third kappa shape index (κ3) is 5.76. The number of aliphatic imine (C=N–C) groups is 1. The van der Waals surface area contributed by atoms with Crippen molar-refractivity contribution >= 4 is 40.5 Å². The Hall–Kier alpha value is -3.08. The number of fused-ring (bicyclic) bond motifs is 3. The smallest absolute Gasteiger partial charge is 0.322 e. The Kier molecular flexibility index (Phi) is 8.41. The minimum absolute atomic E-state index is 0.129.